The molecule has 92 valence electrons. The maximum absolute atomic E-state index is 12.6. The SMILES string of the molecule is CC[N+]1([O-])CC(C#N)=CC(C(=O)O)=C1C(C)C. The molecule has 1 N–H and O–H groups in total. The van der Waals surface area contributed by atoms with E-state index in [2.05, 4.69) is 0 Å². The van der Waals surface area contributed by atoms with Crippen molar-refractivity contribution in [1.82, 2.24) is 0 Å². The Balaban J connectivity index is 3.48. The van der Waals surface area contributed by atoms with E-state index in [1.165, 1.54) is 6.08 Å². The zero-order valence-corrected chi connectivity index (χ0v) is 10.2. The first-order valence-electron chi connectivity index (χ1n) is 5.52. The zero-order chi connectivity index (χ0) is 13.2. The van der Waals surface area contributed by atoms with Crippen LogP contribution >= 0.6 is 0 Å². The highest BCUT2D eigenvalue weighted by Crippen LogP contribution is 2.33. The number of quaternary nitrogens is 1. The van der Waals surface area contributed by atoms with Crippen LogP contribution in [0.1, 0.15) is 20.8 Å². The Morgan fingerprint density at radius 1 is 1.71 bits per heavy atom. The summed E-state index contributed by atoms with van der Waals surface area (Å²) in [5.74, 6) is -1.30. The van der Waals surface area contributed by atoms with Gasteiger partial charge in [-0.1, -0.05) is 13.8 Å². The second-order valence-electron chi connectivity index (χ2n) is 4.40. The molecular weight excluding hydrogens is 220 g/mol. The van der Waals surface area contributed by atoms with Crippen LogP contribution in [-0.2, 0) is 4.79 Å². The van der Waals surface area contributed by atoms with E-state index >= 15 is 0 Å². The van der Waals surface area contributed by atoms with Crippen LogP contribution in [0.25, 0.3) is 0 Å². The molecule has 0 aliphatic carbocycles. The third-order valence-electron chi connectivity index (χ3n) is 2.89. The molecule has 1 aliphatic rings. The van der Waals surface area contributed by atoms with E-state index in [1.54, 1.807) is 20.8 Å². The predicted molar refractivity (Wildman–Crippen MR) is 62.2 cm³/mol. The summed E-state index contributed by atoms with van der Waals surface area (Å²) in [7, 11) is 0. The molecule has 1 unspecified atom stereocenters. The molecule has 5 heteroatoms. The number of carbonyl (C=O) groups is 1. The number of nitrogens with zero attached hydrogens (tertiary/aromatic N) is 2. The molecule has 0 aromatic heterocycles. The largest absolute Gasteiger partial charge is 0.627 e. The van der Waals surface area contributed by atoms with E-state index in [1.807, 2.05) is 6.07 Å². The Kier molecular flexibility index (Phi) is 3.71. The van der Waals surface area contributed by atoms with Crippen molar-refractivity contribution in [3.63, 3.8) is 0 Å². The maximum Gasteiger partial charge on any atom is 0.341 e. The van der Waals surface area contributed by atoms with Crippen molar-refractivity contribution >= 4 is 5.97 Å². The summed E-state index contributed by atoms with van der Waals surface area (Å²) in [6, 6.07) is 1.89. The molecule has 5 nitrogen and oxygen atoms in total. The van der Waals surface area contributed by atoms with Gasteiger partial charge in [-0.25, -0.2) is 4.79 Å². The molecule has 0 amide bonds. The molecule has 0 radical (unpaired) electrons. The summed E-state index contributed by atoms with van der Waals surface area (Å²) in [5, 5.41) is 30.6. The molecule has 0 saturated carbocycles. The molecule has 0 fully saturated rings. The van der Waals surface area contributed by atoms with Crippen LogP contribution in [-0.4, -0.2) is 28.8 Å². The standard InChI is InChI=1S/C12H16N2O3/c1-4-14(17)7-9(6-13)5-10(12(15)16)11(14)8(2)3/h5,8H,4,7H2,1-3H3,(H,15,16). The Hall–Kier alpha value is -1.64. The number of hydrogen-bond acceptors (Lipinski definition) is 3. The number of likely N-dealkylation sites (N-methyl/N-ethyl adjacent to an activating group) is 1. The Morgan fingerprint density at radius 2 is 2.29 bits per heavy atom. The van der Waals surface area contributed by atoms with Gasteiger partial charge in [-0.3, -0.25) is 0 Å². The quantitative estimate of drug-likeness (QED) is 0.598. The van der Waals surface area contributed by atoms with Crippen molar-refractivity contribution in [2.45, 2.75) is 20.8 Å². The van der Waals surface area contributed by atoms with Crippen molar-refractivity contribution in [1.29, 1.82) is 5.26 Å². The van der Waals surface area contributed by atoms with Gasteiger partial charge in [-0.15, -0.1) is 0 Å². The van der Waals surface area contributed by atoms with E-state index in [-0.39, 0.29) is 30.2 Å². The van der Waals surface area contributed by atoms with E-state index in [9.17, 15) is 10.0 Å². The topological polar surface area (TPSA) is 84.1 Å². The molecule has 0 saturated heterocycles. The number of carboxylic acid groups (broad SMARTS) is 1. The molecule has 1 atom stereocenters. The highest BCUT2D eigenvalue weighted by Gasteiger charge is 2.35. The van der Waals surface area contributed by atoms with Gasteiger partial charge in [0, 0.05) is 5.92 Å². The fourth-order valence-corrected chi connectivity index (χ4v) is 2.18. The molecule has 1 heterocycles. The van der Waals surface area contributed by atoms with Crippen LogP contribution in [0, 0.1) is 22.5 Å². The molecule has 1 rings (SSSR count). The predicted octanol–water partition coefficient (Wildman–Crippen LogP) is 1.78. The van der Waals surface area contributed by atoms with E-state index < -0.39 is 10.6 Å². The number of allylic oxidation sites excluding steroid dienone is 1. The Labute approximate surface area is 100 Å². The van der Waals surface area contributed by atoms with E-state index in [0.29, 0.717) is 5.70 Å². The lowest BCUT2D eigenvalue weighted by Crippen LogP contribution is -2.47. The first kappa shape index (κ1) is 13.4. The van der Waals surface area contributed by atoms with Crippen molar-refractivity contribution in [3.05, 3.63) is 28.1 Å². The highest BCUT2D eigenvalue weighted by atomic mass is 16.5. The number of carboxylic acids is 1. The van der Waals surface area contributed by atoms with Gasteiger partial charge >= 0.3 is 5.97 Å². The van der Waals surface area contributed by atoms with Gasteiger partial charge in [-0.2, -0.15) is 5.26 Å². The van der Waals surface area contributed by atoms with Crippen LogP contribution in [0.2, 0.25) is 0 Å². The fourth-order valence-electron chi connectivity index (χ4n) is 2.18. The van der Waals surface area contributed by atoms with Crippen molar-refractivity contribution in [2.24, 2.45) is 5.92 Å². The molecule has 0 aromatic rings. The average Bonchev–Trinajstić information content (AvgIpc) is 2.27. The fraction of sp³-hybridized carbons (Fsp3) is 0.500. The summed E-state index contributed by atoms with van der Waals surface area (Å²) < 4.78 is -0.737. The van der Waals surface area contributed by atoms with Gasteiger partial charge in [0.05, 0.1) is 12.1 Å². The third-order valence-corrected chi connectivity index (χ3v) is 2.89. The van der Waals surface area contributed by atoms with E-state index in [4.69, 9.17) is 10.4 Å². The summed E-state index contributed by atoms with van der Waals surface area (Å²) in [6.45, 7) is 5.55. The van der Waals surface area contributed by atoms with Crippen molar-refractivity contribution in [3.8, 4) is 6.07 Å². The molecule has 17 heavy (non-hydrogen) atoms. The number of rotatable bonds is 3. The monoisotopic (exact) mass is 236 g/mol. The zero-order valence-electron chi connectivity index (χ0n) is 10.2. The smallest absolute Gasteiger partial charge is 0.341 e. The lowest BCUT2D eigenvalue weighted by molar-refractivity contribution is -0.840. The first-order valence-corrected chi connectivity index (χ1v) is 5.52. The molecule has 0 spiro atoms. The molecular formula is C12H16N2O3. The van der Waals surface area contributed by atoms with Crippen LogP contribution in [0.3, 0.4) is 0 Å². The second-order valence-corrected chi connectivity index (χ2v) is 4.40. The number of nitriles is 1. The highest BCUT2D eigenvalue weighted by molar-refractivity contribution is 5.91. The van der Waals surface area contributed by atoms with Crippen LogP contribution in [0.5, 0.6) is 0 Å². The maximum atomic E-state index is 12.6. The number of hydroxylamine groups is 3. The number of aliphatic carboxylic acids is 1. The van der Waals surface area contributed by atoms with Crippen LogP contribution < -0.4 is 0 Å². The lowest BCUT2D eigenvalue weighted by atomic mass is 9.96. The summed E-state index contributed by atoms with van der Waals surface area (Å²) >= 11 is 0. The van der Waals surface area contributed by atoms with Gasteiger partial charge in [0.25, 0.3) is 0 Å². The minimum Gasteiger partial charge on any atom is -0.627 e. The van der Waals surface area contributed by atoms with Crippen LogP contribution in [0.15, 0.2) is 22.9 Å². The second kappa shape index (κ2) is 4.70. The van der Waals surface area contributed by atoms with Gasteiger partial charge in [0.2, 0.25) is 0 Å². The molecule has 1 aliphatic heterocycles. The van der Waals surface area contributed by atoms with Gasteiger partial charge in [0.15, 0.2) is 0 Å². The minimum absolute atomic E-state index is 0.0251. The summed E-state index contributed by atoms with van der Waals surface area (Å²) in [5.41, 5.74) is 0.544. The van der Waals surface area contributed by atoms with Crippen molar-refractivity contribution in [2.75, 3.05) is 13.1 Å². The van der Waals surface area contributed by atoms with Gasteiger partial charge in [-0.05, 0) is 13.0 Å². The van der Waals surface area contributed by atoms with Crippen molar-refractivity contribution < 1.29 is 14.5 Å². The third kappa shape index (κ3) is 2.38. The molecule has 0 bridgehead atoms. The lowest BCUT2D eigenvalue weighted by Gasteiger charge is -2.46. The van der Waals surface area contributed by atoms with Gasteiger partial charge in [0.1, 0.15) is 23.9 Å². The summed E-state index contributed by atoms with van der Waals surface area (Å²) in [4.78, 5) is 11.2. The average molecular weight is 236 g/mol. The minimum atomic E-state index is -1.15. The Bertz CT molecular complexity index is 443. The van der Waals surface area contributed by atoms with Crippen LogP contribution in [0.4, 0.5) is 0 Å². The normalized spacial score (nSPS) is 24.6. The Morgan fingerprint density at radius 3 is 2.65 bits per heavy atom. The summed E-state index contributed by atoms with van der Waals surface area (Å²) in [6.07, 6.45) is 1.32. The number of hydrogen-bond donors (Lipinski definition) is 1. The first-order chi connectivity index (χ1) is 7.85. The van der Waals surface area contributed by atoms with Gasteiger partial charge < -0.3 is 15.0 Å². The molecule has 0 aromatic carbocycles. The van der Waals surface area contributed by atoms with E-state index in [0.717, 1.165) is 0 Å².